The zero-order valence-electron chi connectivity index (χ0n) is 16.7. The van der Waals surface area contributed by atoms with E-state index in [1.54, 1.807) is 0 Å². The summed E-state index contributed by atoms with van der Waals surface area (Å²) in [6, 6.07) is 10.9. The molecule has 2 N–H and O–H groups in total. The minimum atomic E-state index is 0. The standard InChI is InChI=1S/C21H28N4O2S.HI/c1-22-21(24-17-7-9-25(10-8-17)20-4-2-13-28-20)23-15-16-5-6-18-19(14-16)27-12-3-11-26-18;/h2,4-6,13-14,17H,3,7-12,15H2,1H3,(H2,22,23,24);1H. The molecule has 0 spiro atoms. The Hall–Kier alpha value is -1.68. The third kappa shape index (κ3) is 5.91. The van der Waals surface area contributed by atoms with Crippen LogP contribution in [0.3, 0.4) is 0 Å². The second kappa shape index (κ2) is 10.9. The number of ether oxygens (including phenoxy) is 2. The third-order valence-electron chi connectivity index (χ3n) is 5.15. The molecule has 4 rings (SSSR count). The average Bonchev–Trinajstić information content (AvgIpc) is 3.17. The second-order valence-electron chi connectivity index (χ2n) is 7.11. The number of nitrogens with one attached hydrogen (secondary N) is 2. The van der Waals surface area contributed by atoms with Crippen molar-refractivity contribution in [1.29, 1.82) is 0 Å². The van der Waals surface area contributed by atoms with E-state index in [0.717, 1.165) is 55.4 Å². The number of nitrogens with zero attached hydrogens (tertiary/aromatic N) is 2. The van der Waals surface area contributed by atoms with Crippen LogP contribution in [0.25, 0.3) is 0 Å². The van der Waals surface area contributed by atoms with Crippen molar-refractivity contribution in [3.8, 4) is 11.5 Å². The number of hydrogen-bond donors (Lipinski definition) is 2. The van der Waals surface area contributed by atoms with Gasteiger partial charge in [-0.3, -0.25) is 4.99 Å². The molecule has 0 amide bonds. The number of piperidine rings is 1. The Morgan fingerprint density at radius 2 is 1.97 bits per heavy atom. The number of rotatable bonds is 4. The molecule has 158 valence electrons. The van der Waals surface area contributed by atoms with Gasteiger partial charge in [0.05, 0.1) is 18.2 Å². The largest absolute Gasteiger partial charge is 0.490 e. The number of fused-ring (bicyclic) bond motifs is 1. The fraction of sp³-hybridized carbons (Fsp3) is 0.476. The van der Waals surface area contributed by atoms with Crippen molar-refractivity contribution >= 4 is 46.3 Å². The molecule has 6 nitrogen and oxygen atoms in total. The molecule has 2 aromatic rings. The molecule has 8 heteroatoms. The van der Waals surface area contributed by atoms with E-state index in [0.29, 0.717) is 25.8 Å². The molecular weight excluding hydrogens is 499 g/mol. The molecule has 1 saturated heterocycles. The molecule has 1 aromatic carbocycles. The Morgan fingerprint density at radius 3 is 2.69 bits per heavy atom. The van der Waals surface area contributed by atoms with Crippen LogP contribution in [0.15, 0.2) is 40.7 Å². The molecule has 2 aliphatic heterocycles. The minimum absolute atomic E-state index is 0. The summed E-state index contributed by atoms with van der Waals surface area (Å²) < 4.78 is 11.5. The lowest BCUT2D eigenvalue weighted by molar-refractivity contribution is 0.297. The zero-order valence-corrected chi connectivity index (χ0v) is 19.9. The van der Waals surface area contributed by atoms with Gasteiger partial charge >= 0.3 is 0 Å². The summed E-state index contributed by atoms with van der Waals surface area (Å²) in [6.07, 6.45) is 3.15. The Labute approximate surface area is 193 Å². The first-order valence-corrected chi connectivity index (χ1v) is 10.8. The van der Waals surface area contributed by atoms with Gasteiger partial charge in [0, 0.05) is 39.1 Å². The van der Waals surface area contributed by atoms with Crippen LogP contribution in [0.2, 0.25) is 0 Å². The molecule has 0 radical (unpaired) electrons. The molecular formula is C21H29IN4O2S. The Kier molecular flexibility index (Phi) is 8.29. The number of benzene rings is 1. The highest BCUT2D eigenvalue weighted by Crippen LogP contribution is 2.30. The van der Waals surface area contributed by atoms with Crippen molar-refractivity contribution in [1.82, 2.24) is 10.6 Å². The van der Waals surface area contributed by atoms with E-state index in [2.05, 4.69) is 50.2 Å². The topological polar surface area (TPSA) is 58.1 Å². The smallest absolute Gasteiger partial charge is 0.191 e. The summed E-state index contributed by atoms with van der Waals surface area (Å²) in [5.74, 6) is 2.52. The van der Waals surface area contributed by atoms with Crippen LogP contribution in [-0.4, -0.2) is 45.4 Å². The molecule has 3 heterocycles. The van der Waals surface area contributed by atoms with Crippen LogP contribution in [0.1, 0.15) is 24.8 Å². The molecule has 2 aliphatic rings. The summed E-state index contributed by atoms with van der Waals surface area (Å²) in [4.78, 5) is 6.86. The molecule has 1 fully saturated rings. The van der Waals surface area contributed by atoms with Crippen molar-refractivity contribution < 1.29 is 9.47 Å². The van der Waals surface area contributed by atoms with E-state index >= 15 is 0 Å². The van der Waals surface area contributed by atoms with Gasteiger partial charge in [-0.2, -0.15) is 0 Å². The molecule has 0 unspecified atom stereocenters. The van der Waals surface area contributed by atoms with Gasteiger partial charge in [-0.25, -0.2) is 0 Å². The summed E-state index contributed by atoms with van der Waals surface area (Å²) in [5.41, 5.74) is 1.15. The number of guanidine groups is 1. The summed E-state index contributed by atoms with van der Waals surface area (Å²) in [5, 5.41) is 10.5. The third-order valence-corrected chi connectivity index (χ3v) is 6.08. The van der Waals surface area contributed by atoms with Crippen LogP contribution in [0, 0.1) is 0 Å². The molecule has 0 aliphatic carbocycles. The predicted octanol–water partition coefficient (Wildman–Crippen LogP) is 3.86. The van der Waals surface area contributed by atoms with E-state index in [1.165, 1.54) is 5.00 Å². The predicted molar refractivity (Wildman–Crippen MR) is 130 cm³/mol. The lowest BCUT2D eigenvalue weighted by Gasteiger charge is -2.33. The Balaban J connectivity index is 0.00000240. The van der Waals surface area contributed by atoms with Gasteiger partial charge in [0.1, 0.15) is 0 Å². The second-order valence-corrected chi connectivity index (χ2v) is 8.04. The van der Waals surface area contributed by atoms with Gasteiger partial charge in [-0.15, -0.1) is 35.3 Å². The van der Waals surface area contributed by atoms with Crippen LogP contribution in [0.5, 0.6) is 11.5 Å². The monoisotopic (exact) mass is 528 g/mol. The summed E-state index contributed by atoms with van der Waals surface area (Å²) in [6.45, 7) is 4.28. The van der Waals surface area contributed by atoms with Crippen LogP contribution in [-0.2, 0) is 6.54 Å². The van der Waals surface area contributed by atoms with E-state index < -0.39 is 0 Å². The lowest BCUT2D eigenvalue weighted by Crippen LogP contribution is -2.48. The number of anilines is 1. The lowest BCUT2D eigenvalue weighted by atomic mass is 10.1. The highest BCUT2D eigenvalue weighted by molar-refractivity contribution is 14.0. The van der Waals surface area contributed by atoms with Crippen molar-refractivity contribution in [2.45, 2.75) is 31.8 Å². The molecule has 0 saturated carbocycles. The van der Waals surface area contributed by atoms with Crippen molar-refractivity contribution in [3.63, 3.8) is 0 Å². The van der Waals surface area contributed by atoms with Gasteiger partial charge in [0.2, 0.25) is 0 Å². The first-order chi connectivity index (χ1) is 13.8. The number of hydrogen-bond acceptors (Lipinski definition) is 5. The maximum Gasteiger partial charge on any atom is 0.191 e. The molecule has 1 aromatic heterocycles. The maximum atomic E-state index is 5.78. The van der Waals surface area contributed by atoms with Crippen LogP contribution < -0.4 is 25.0 Å². The highest BCUT2D eigenvalue weighted by Gasteiger charge is 2.20. The quantitative estimate of drug-likeness (QED) is 0.359. The van der Waals surface area contributed by atoms with E-state index in [9.17, 15) is 0 Å². The van der Waals surface area contributed by atoms with Gasteiger partial charge in [-0.1, -0.05) is 6.07 Å². The number of halogens is 1. The fourth-order valence-electron chi connectivity index (χ4n) is 3.59. The van der Waals surface area contributed by atoms with Gasteiger partial charge < -0.3 is 25.0 Å². The van der Waals surface area contributed by atoms with Crippen molar-refractivity contribution in [3.05, 3.63) is 41.3 Å². The minimum Gasteiger partial charge on any atom is -0.490 e. The van der Waals surface area contributed by atoms with E-state index in [-0.39, 0.29) is 24.0 Å². The van der Waals surface area contributed by atoms with Crippen LogP contribution >= 0.6 is 35.3 Å². The molecule has 0 bridgehead atoms. The first-order valence-electron chi connectivity index (χ1n) is 9.96. The van der Waals surface area contributed by atoms with Crippen molar-refractivity contribution in [2.75, 3.05) is 38.3 Å². The average molecular weight is 528 g/mol. The highest BCUT2D eigenvalue weighted by atomic mass is 127. The summed E-state index contributed by atoms with van der Waals surface area (Å²) in [7, 11) is 1.82. The van der Waals surface area contributed by atoms with Gasteiger partial charge in [0.25, 0.3) is 0 Å². The maximum absolute atomic E-state index is 5.78. The Morgan fingerprint density at radius 1 is 1.17 bits per heavy atom. The fourth-order valence-corrected chi connectivity index (χ4v) is 4.37. The van der Waals surface area contributed by atoms with Gasteiger partial charge in [-0.05, 0) is 48.1 Å². The van der Waals surface area contributed by atoms with Crippen molar-refractivity contribution in [2.24, 2.45) is 4.99 Å². The van der Waals surface area contributed by atoms with E-state index in [1.807, 2.05) is 24.5 Å². The molecule has 0 atom stereocenters. The molecule has 29 heavy (non-hydrogen) atoms. The number of aliphatic imine (C=N–C) groups is 1. The van der Waals surface area contributed by atoms with E-state index in [4.69, 9.17) is 9.47 Å². The van der Waals surface area contributed by atoms with Gasteiger partial charge in [0.15, 0.2) is 17.5 Å². The number of thiophene rings is 1. The SMILES string of the molecule is CN=C(NCc1ccc2c(c1)OCCCO2)NC1CCN(c2cccs2)CC1.I. The summed E-state index contributed by atoms with van der Waals surface area (Å²) >= 11 is 1.82. The normalized spacial score (nSPS) is 17.3. The van der Waals surface area contributed by atoms with Crippen LogP contribution in [0.4, 0.5) is 5.00 Å². The zero-order chi connectivity index (χ0) is 19.2. The Bertz CT molecular complexity index is 792. The first kappa shape index (κ1) is 22.0.